The van der Waals surface area contributed by atoms with Crippen LogP contribution in [0, 0.1) is 0 Å². The number of nitrogens with zero attached hydrogens (tertiary/aromatic N) is 1. The van der Waals surface area contributed by atoms with Crippen molar-refractivity contribution < 1.29 is 28.9 Å². The van der Waals surface area contributed by atoms with Crippen LogP contribution in [0.25, 0.3) is 0 Å². The van der Waals surface area contributed by atoms with Gasteiger partial charge in [0.2, 0.25) is 11.8 Å². The van der Waals surface area contributed by atoms with Crippen molar-refractivity contribution in [2.24, 2.45) is 11.5 Å². The summed E-state index contributed by atoms with van der Waals surface area (Å²) in [4.78, 5) is 44.7. The van der Waals surface area contributed by atoms with Crippen molar-refractivity contribution in [1.29, 1.82) is 0 Å². The maximum Gasteiger partial charge on any atom is 0.326 e. The molecule has 0 fully saturated rings. The van der Waals surface area contributed by atoms with Crippen LogP contribution >= 0.6 is 7.37 Å². The topological polar surface area (TPSA) is 164 Å². The van der Waals surface area contributed by atoms with Crippen LogP contribution in [0.4, 0.5) is 0 Å². The second-order valence-electron chi connectivity index (χ2n) is 5.02. The third-order valence-electron chi connectivity index (χ3n) is 2.78. The number of carbonyl (C=O) groups is 3. The molecule has 6 N–H and O–H groups in total. The van der Waals surface area contributed by atoms with Gasteiger partial charge < -0.3 is 21.5 Å². The van der Waals surface area contributed by atoms with E-state index in [2.05, 4.69) is 0 Å². The summed E-state index contributed by atoms with van der Waals surface area (Å²) in [7, 11) is -3.35. The molecule has 0 aliphatic heterocycles. The number of hydrogen-bond donors (Lipinski definition) is 4. The van der Waals surface area contributed by atoms with Crippen molar-refractivity contribution in [1.82, 2.24) is 4.90 Å². The highest BCUT2D eigenvalue weighted by Crippen LogP contribution is 2.35. The van der Waals surface area contributed by atoms with Gasteiger partial charge in [0.1, 0.15) is 6.04 Å². The van der Waals surface area contributed by atoms with Gasteiger partial charge in [-0.05, 0) is 20.3 Å². The van der Waals surface area contributed by atoms with Gasteiger partial charge in [-0.1, -0.05) is 0 Å². The summed E-state index contributed by atoms with van der Waals surface area (Å²) in [5, 5.41) is 8.96. The van der Waals surface area contributed by atoms with Gasteiger partial charge in [-0.15, -0.1) is 0 Å². The fraction of sp³-hybridized carbons (Fsp3) is 0.727. The van der Waals surface area contributed by atoms with Crippen LogP contribution in [0.5, 0.6) is 0 Å². The molecule has 0 aromatic carbocycles. The standard InChI is InChI=1S/C11H22N3O6P/c1-6(12)9(15)14(7(2)11(17)18)10(16)8(13)4-5-21(3,19)20/h6-8H,4-5,12-13H2,1-3H3,(H,17,18)(H,19,20). The zero-order valence-electron chi connectivity index (χ0n) is 12.2. The fourth-order valence-corrected chi connectivity index (χ4v) is 2.26. The summed E-state index contributed by atoms with van der Waals surface area (Å²) < 4.78 is 11.2. The number of carboxylic acid groups (broad SMARTS) is 1. The Morgan fingerprint density at radius 3 is 2.00 bits per heavy atom. The molecule has 0 aliphatic rings. The van der Waals surface area contributed by atoms with Crippen molar-refractivity contribution in [2.75, 3.05) is 12.8 Å². The lowest BCUT2D eigenvalue weighted by Gasteiger charge is -2.28. The highest BCUT2D eigenvalue weighted by atomic mass is 31.2. The maximum absolute atomic E-state index is 12.1. The lowest BCUT2D eigenvalue weighted by atomic mass is 10.1. The maximum atomic E-state index is 12.1. The number of amides is 2. The Morgan fingerprint density at radius 2 is 1.67 bits per heavy atom. The average molecular weight is 323 g/mol. The van der Waals surface area contributed by atoms with E-state index < -0.39 is 43.3 Å². The van der Waals surface area contributed by atoms with Gasteiger partial charge in [0, 0.05) is 12.8 Å². The van der Waals surface area contributed by atoms with Crippen molar-refractivity contribution in [2.45, 2.75) is 38.4 Å². The Bertz CT molecular complexity index is 461. The Balaban J connectivity index is 5.16. The van der Waals surface area contributed by atoms with Gasteiger partial charge in [-0.2, -0.15) is 0 Å². The first-order valence-electron chi connectivity index (χ1n) is 6.28. The molecular weight excluding hydrogens is 301 g/mol. The molecule has 4 atom stereocenters. The first-order chi connectivity index (χ1) is 9.38. The predicted octanol–water partition coefficient (Wildman–Crippen LogP) is -1.22. The highest BCUT2D eigenvalue weighted by molar-refractivity contribution is 7.57. The van der Waals surface area contributed by atoms with Gasteiger partial charge in [-0.3, -0.25) is 19.1 Å². The van der Waals surface area contributed by atoms with E-state index in [0.717, 1.165) is 13.6 Å². The van der Waals surface area contributed by atoms with E-state index in [-0.39, 0.29) is 12.6 Å². The number of carbonyl (C=O) groups excluding carboxylic acids is 2. The van der Waals surface area contributed by atoms with E-state index in [4.69, 9.17) is 16.6 Å². The predicted molar refractivity (Wildman–Crippen MR) is 75.8 cm³/mol. The summed E-state index contributed by atoms with van der Waals surface area (Å²) >= 11 is 0. The summed E-state index contributed by atoms with van der Waals surface area (Å²) in [6.45, 7) is 3.59. The summed E-state index contributed by atoms with van der Waals surface area (Å²) in [6, 6.07) is -3.75. The number of rotatable bonds is 7. The number of aliphatic carboxylic acids is 1. The van der Waals surface area contributed by atoms with Crippen LogP contribution in [-0.2, 0) is 18.9 Å². The first-order valence-corrected chi connectivity index (χ1v) is 8.58. The van der Waals surface area contributed by atoms with Crippen LogP contribution in [0.1, 0.15) is 20.3 Å². The molecular formula is C11H22N3O6P. The smallest absolute Gasteiger partial charge is 0.326 e. The van der Waals surface area contributed by atoms with Gasteiger partial charge in [0.15, 0.2) is 7.37 Å². The second-order valence-corrected chi connectivity index (χ2v) is 7.57. The van der Waals surface area contributed by atoms with Crippen LogP contribution in [0.2, 0.25) is 0 Å². The van der Waals surface area contributed by atoms with Crippen LogP contribution in [0.15, 0.2) is 0 Å². The summed E-state index contributed by atoms with van der Waals surface area (Å²) in [5.74, 6) is -3.18. The zero-order valence-corrected chi connectivity index (χ0v) is 13.1. The van der Waals surface area contributed by atoms with Gasteiger partial charge >= 0.3 is 5.97 Å². The third kappa shape index (κ3) is 6.34. The summed E-state index contributed by atoms with van der Waals surface area (Å²) in [5.41, 5.74) is 11.0. The Hall–Kier alpha value is -1.28. The highest BCUT2D eigenvalue weighted by Gasteiger charge is 2.35. The largest absolute Gasteiger partial charge is 0.480 e. The summed E-state index contributed by atoms with van der Waals surface area (Å²) in [6.07, 6.45) is -0.347. The molecule has 0 bridgehead atoms. The van der Waals surface area contributed by atoms with Gasteiger partial charge in [-0.25, -0.2) is 4.79 Å². The molecule has 0 aromatic heterocycles. The lowest BCUT2D eigenvalue weighted by molar-refractivity contribution is -0.158. The van der Waals surface area contributed by atoms with Crippen molar-refractivity contribution in [3.63, 3.8) is 0 Å². The molecule has 0 saturated carbocycles. The van der Waals surface area contributed by atoms with Crippen molar-refractivity contribution in [3.05, 3.63) is 0 Å². The molecule has 4 unspecified atom stereocenters. The van der Waals surface area contributed by atoms with E-state index >= 15 is 0 Å². The molecule has 0 heterocycles. The van der Waals surface area contributed by atoms with Gasteiger partial charge in [0.25, 0.3) is 0 Å². The minimum absolute atomic E-state index is 0.141. The molecule has 0 rings (SSSR count). The van der Waals surface area contributed by atoms with Crippen molar-refractivity contribution in [3.8, 4) is 0 Å². The molecule has 0 saturated heterocycles. The van der Waals surface area contributed by atoms with Crippen molar-refractivity contribution >= 4 is 25.2 Å². The van der Waals surface area contributed by atoms with E-state index in [1.807, 2.05) is 0 Å². The Morgan fingerprint density at radius 1 is 1.19 bits per heavy atom. The Labute approximate surface area is 122 Å². The average Bonchev–Trinajstić information content (AvgIpc) is 2.34. The van der Waals surface area contributed by atoms with Crippen LogP contribution in [-0.4, -0.2) is 63.6 Å². The minimum atomic E-state index is -3.35. The minimum Gasteiger partial charge on any atom is -0.480 e. The number of hydrogen-bond acceptors (Lipinski definition) is 6. The number of imide groups is 1. The molecule has 0 radical (unpaired) electrons. The second kappa shape index (κ2) is 7.65. The monoisotopic (exact) mass is 323 g/mol. The van der Waals surface area contributed by atoms with Crippen LogP contribution in [0.3, 0.4) is 0 Å². The molecule has 0 aliphatic carbocycles. The van der Waals surface area contributed by atoms with Crippen LogP contribution < -0.4 is 11.5 Å². The molecule has 10 heteroatoms. The Kier molecular flexibility index (Phi) is 7.18. The van der Waals surface area contributed by atoms with E-state index in [9.17, 15) is 23.8 Å². The third-order valence-corrected chi connectivity index (χ3v) is 3.87. The zero-order chi connectivity index (χ0) is 17.0. The quantitative estimate of drug-likeness (QED) is 0.423. The van der Waals surface area contributed by atoms with Gasteiger partial charge in [0.05, 0.1) is 12.1 Å². The SMILES string of the molecule is CC(N)C(=O)N(C(=O)C(N)CCP(C)(=O)O)C(C)C(=O)O. The van der Waals surface area contributed by atoms with E-state index in [1.54, 1.807) is 0 Å². The fourth-order valence-electron chi connectivity index (χ4n) is 1.50. The number of nitrogens with two attached hydrogens (primary N) is 2. The molecule has 21 heavy (non-hydrogen) atoms. The number of carboxylic acids is 1. The van der Waals surface area contributed by atoms with E-state index in [1.165, 1.54) is 6.92 Å². The molecule has 0 spiro atoms. The first kappa shape index (κ1) is 19.7. The molecule has 122 valence electrons. The van der Waals surface area contributed by atoms with E-state index in [0.29, 0.717) is 4.90 Å². The molecule has 0 aromatic rings. The molecule has 2 amide bonds. The molecule has 9 nitrogen and oxygen atoms in total. The lowest BCUT2D eigenvalue weighted by Crippen LogP contribution is -2.56. The normalized spacial score (nSPS) is 18.2.